The number of benzene rings is 1. The second-order valence-corrected chi connectivity index (χ2v) is 7.54. The Balaban J connectivity index is 1.92. The lowest BCUT2D eigenvalue weighted by atomic mass is 9.78. The topological polar surface area (TPSA) is 30.5 Å². The molecule has 2 aliphatic heterocycles. The summed E-state index contributed by atoms with van der Waals surface area (Å²) in [6.45, 7) is 5.25. The molecule has 3 rings (SSSR count). The molecule has 2 aliphatic rings. The molecule has 1 aromatic rings. The monoisotopic (exact) mass is 353 g/mol. The molecule has 2 heterocycles. The molecule has 1 fully saturated rings. The number of nitrogens with one attached hydrogen (secondary N) is 1. The van der Waals surface area contributed by atoms with E-state index in [0.717, 1.165) is 36.1 Å². The van der Waals surface area contributed by atoms with Crippen LogP contribution in [0.2, 0.25) is 0 Å². The Morgan fingerprint density at radius 3 is 2.86 bits per heavy atom. The normalized spacial score (nSPS) is 32.0. The van der Waals surface area contributed by atoms with E-state index in [0.29, 0.717) is 18.1 Å². The maximum Gasteiger partial charge on any atom is 0.126 e. The molecule has 3 atom stereocenters. The smallest absolute Gasteiger partial charge is 0.126 e. The summed E-state index contributed by atoms with van der Waals surface area (Å²) < 4.78 is 13.5. The molecule has 0 amide bonds. The van der Waals surface area contributed by atoms with Gasteiger partial charge in [0.1, 0.15) is 11.4 Å². The van der Waals surface area contributed by atoms with Gasteiger partial charge in [-0.1, -0.05) is 35.8 Å². The number of hydrogen-bond acceptors (Lipinski definition) is 3. The fraction of sp³-hybridized carbons (Fsp3) is 0.647. The lowest BCUT2D eigenvalue weighted by molar-refractivity contribution is -0.116. The van der Waals surface area contributed by atoms with Gasteiger partial charge < -0.3 is 14.8 Å². The third-order valence-electron chi connectivity index (χ3n) is 4.81. The van der Waals surface area contributed by atoms with Crippen molar-refractivity contribution in [1.29, 1.82) is 0 Å². The second kappa shape index (κ2) is 5.90. The maximum atomic E-state index is 6.50. The van der Waals surface area contributed by atoms with Crippen LogP contribution in [0.5, 0.6) is 5.75 Å². The zero-order valence-electron chi connectivity index (χ0n) is 13.0. The summed E-state index contributed by atoms with van der Waals surface area (Å²) in [6.07, 6.45) is 3.27. The Bertz CT molecular complexity index is 520. The minimum absolute atomic E-state index is 0.0886. The van der Waals surface area contributed by atoms with E-state index in [1.165, 1.54) is 5.56 Å². The summed E-state index contributed by atoms with van der Waals surface area (Å²) in [6, 6.07) is 6.70. The van der Waals surface area contributed by atoms with E-state index in [-0.39, 0.29) is 5.60 Å². The van der Waals surface area contributed by atoms with Gasteiger partial charge in [0.05, 0.1) is 12.7 Å². The van der Waals surface area contributed by atoms with Gasteiger partial charge in [0.2, 0.25) is 0 Å². The Kier molecular flexibility index (Phi) is 4.30. The molecule has 3 unspecified atom stereocenters. The summed E-state index contributed by atoms with van der Waals surface area (Å²) in [5.74, 6) is 1.54. The Morgan fingerprint density at radius 1 is 1.33 bits per heavy atom. The van der Waals surface area contributed by atoms with Gasteiger partial charge in [0.25, 0.3) is 0 Å². The van der Waals surface area contributed by atoms with Crippen LogP contribution in [0.3, 0.4) is 0 Å². The SMILES string of the molecule is CNC1CC2(CCOC(C(C)C)C2)Oc2cc(Br)ccc21. The molecular formula is C17H24BrNO2. The van der Waals surface area contributed by atoms with Crippen molar-refractivity contribution in [3.63, 3.8) is 0 Å². The van der Waals surface area contributed by atoms with Crippen LogP contribution in [0.15, 0.2) is 22.7 Å². The molecule has 1 N–H and O–H groups in total. The second-order valence-electron chi connectivity index (χ2n) is 6.62. The van der Waals surface area contributed by atoms with Gasteiger partial charge in [0.15, 0.2) is 0 Å². The molecule has 0 aromatic heterocycles. The Morgan fingerprint density at radius 2 is 2.14 bits per heavy atom. The molecule has 116 valence electrons. The summed E-state index contributed by atoms with van der Waals surface area (Å²) in [4.78, 5) is 0. The van der Waals surface area contributed by atoms with E-state index in [2.05, 4.69) is 53.3 Å². The van der Waals surface area contributed by atoms with Gasteiger partial charge in [-0.3, -0.25) is 0 Å². The zero-order chi connectivity index (χ0) is 15.0. The number of halogens is 1. The molecule has 1 aromatic carbocycles. The summed E-state index contributed by atoms with van der Waals surface area (Å²) >= 11 is 3.55. The van der Waals surface area contributed by atoms with E-state index >= 15 is 0 Å². The molecule has 21 heavy (non-hydrogen) atoms. The number of hydrogen-bond donors (Lipinski definition) is 1. The number of rotatable bonds is 2. The largest absolute Gasteiger partial charge is 0.487 e. The first-order chi connectivity index (χ1) is 10.0. The van der Waals surface area contributed by atoms with Crippen LogP contribution < -0.4 is 10.1 Å². The van der Waals surface area contributed by atoms with Crippen molar-refractivity contribution >= 4 is 15.9 Å². The quantitative estimate of drug-likeness (QED) is 0.869. The fourth-order valence-electron chi connectivity index (χ4n) is 3.53. The van der Waals surface area contributed by atoms with E-state index in [1.54, 1.807) is 0 Å². The first kappa shape index (κ1) is 15.3. The van der Waals surface area contributed by atoms with Crippen LogP contribution in [0.1, 0.15) is 44.7 Å². The number of fused-ring (bicyclic) bond motifs is 1. The highest BCUT2D eigenvalue weighted by molar-refractivity contribution is 9.10. The van der Waals surface area contributed by atoms with Crippen molar-refractivity contribution in [2.24, 2.45) is 5.92 Å². The van der Waals surface area contributed by atoms with Gasteiger partial charge in [-0.2, -0.15) is 0 Å². The van der Waals surface area contributed by atoms with E-state index in [1.807, 2.05) is 7.05 Å². The van der Waals surface area contributed by atoms with E-state index in [9.17, 15) is 0 Å². The third kappa shape index (κ3) is 2.99. The molecular weight excluding hydrogens is 330 g/mol. The van der Waals surface area contributed by atoms with Crippen molar-refractivity contribution in [1.82, 2.24) is 5.32 Å². The van der Waals surface area contributed by atoms with Gasteiger partial charge in [-0.15, -0.1) is 0 Å². The van der Waals surface area contributed by atoms with E-state index < -0.39 is 0 Å². The zero-order valence-corrected chi connectivity index (χ0v) is 14.6. The van der Waals surface area contributed by atoms with Crippen LogP contribution in [0.25, 0.3) is 0 Å². The van der Waals surface area contributed by atoms with Gasteiger partial charge in [0, 0.05) is 35.3 Å². The minimum atomic E-state index is -0.0886. The summed E-state index contributed by atoms with van der Waals surface area (Å²) in [7, 11) is 2.04. The highest BCUT2D eigenvalue weighted by Gasteiger charge is 2.45. The van der Waals surface area contributed by atoms with E-state index in [4.69, 9.17) is 9.47 Å². The van der Waals surface area contributed by atoms with Crippen LogP contribution >= 0.6 is 15.9 Å². The first-order valence-electron chi connectivity index (χ1n) is 7.80. The average Bonchev–Trinajstić information content (AvgIpc) is 2.46. The lowest BCUT2D eigenvalue weighted by Gasteiger charge is -2.47. The van der Waals surface area contributed by atoms with Crippen LogP contribution in [0.4, 0.5) is 0 Å². The third-order valence-corrected chi connectivity index (χ3v) is 5.30. The maximum absolute atomic E-state index is 6.50. The molecule has 0 bridgehead atoms. The molecule has 1 spiro atoms. The van der Waals surface area contributed by atoms with Crippen LogP contribution in [-0.2, 0) is 4.74 Å². The molecule has 0 aliphatic carbocycles. The molecule has 3 nitrogen and oxygen atoms in total. The fourth-order valence-corrected chi connectivity index (χ4v) is 3.87. The van der Waals surface area contributed by atoms with Gasteiger partial charge in [-0.25, -0.2) is 0 Å². The van der Waals surface area contributed by atoms with Crippen molar-refractivity contribution in [3.05, 3.63) is 28.2 Å². The highest BCUT2D eigenvalue weighted by Crippen LogP contribution is 2.46. The summed E-state index contributed by atoms with van der Waals surface area (Å²) in [5, 5.41) is 3.46. The minimum Gasteiger partial charge on any atom is -0.487 e. The molecule has 0 radical (unpaired) electrons. The Labute approximate surface area is 135 Å². The number of ether oxygens (including phenoxy) is 2. The van der Waals surface area contributed by atoms with Crippen LogP contribution in [-0.4, -0.2) is 25.4 Å². The highest BCUT2D eigenvalue weighted by atomic mass is 79.9. The van der Waals surface area contributed by atoms with Crippen LogP contribution in [0, 0.1) is 5.92 Å². The average molecular weight is 354 g/mol. The predicted octanol–water partition coefficient (Wildman–Crippen LogP) is 4.07. The molecule has 0 saturated carbocycles. The van der Waals surface area contributed by atoms with Crippen molar-refractivity contribution in [3.8, 4) is 5.75 Å². The first-order valence-corrected chi connectivity index (χ1v) is 8.60. The van der Waals surface area contributed by atoms with Gasteiger partial charge >= 0.3 is 0 Å². The van der Waals surface area contributed by atoms with Crippen molar-refractivity contribution in [2.45, 2.75) is 50.9 Å². The lowest BCUT2D eigenvalue weighted by Crippen LogP contribution is -2.51. The standard InChI is InChI=1S/C17H24BrNO2/c1-11(2)16-10-17(6-7-20-16)9-14(19-3)13-5-4-12(18)8-15(13)21-17/h4-5,8,11,14,16,19H,6-7,9-10H2,1-3H3. The van der Waals surface area contributed by atoms with Crippen molar-refractivity contribution in [2.75, 3.05) is 13.7 Å². The summed E-state index contributed by atoms with van der Waals surface area (Å²) in [5.41, 5.74) is 1.17. The molecule has 4 heteroatoms. The molecule has 1 saturated heterocycles. The predicted molar refractivity (Wildman–Crippen MR) is 87.7 cm³/mol. The van der Waals surface area contributed by atoms with Gasteiger partial charge in [-0.05, 0) is 25.1 Å². The van der Waals surface area contributed by atoms with Crippen molar-refractivity contribution < 1.29 is 9.47 Å². The Hall–Kier alpha value is -0.580.